The van der Waals surface area contributed by atoms with E-state index in [-0.39, 0.29) is 10.8 Å². The number of anilines is 2. The summed E-state index contributed by atoms with van der Waals surface area (Å²) in [7, 11) is -3.69. The molecule has 0 atom stereocenters. The first-order valence-corrected chi connectivity index (χ1v) is 10.4. The van der Waals surface area contributed by atoms with Crippen molar-refractivity contribution in [2.24, 2.45) is 0 Å². The number of hydrogen-bond donors (Lipinski definition) is 1. The molecule has 1 aliphatic heterocycles. The average molecular weight is 393 g/mol. The minimum absolute atomic E-state index is 0.0737. The number of halogens is 1. The van der Waals surface area contributed by atoms with Gasteiger partial charge in [-0.1, -0.05) is 24.6 Å². The number of hydrogen-bond acceptors (Lipinski definition) is 3. The largest absolute Gasteiger partial charge is 0.326 e. The van der Waals surface area contributed by atoms with E-state index in [0.717, 1.165) is 24.8 Å². The van der Waals surface area contributed by atoms with Gasteiger partial charge in [0.05, 0.1) is 10.6 Å². The summed E-state index contributed by atoms with van der Waals surface area (Å²) in [6, 6.07) is 11.6. The molecule has 2 aromatic carbocycles. The number of aryl methyl sites for hydroxylation is 1. The van der Waals surface area contributed by atoms with E-state index in [1.807, 2.05) is 19.1 Å². The molecule has 0 aliphatic carbocycles. The Labute approximate surface area is 159 Å². The van der Waals surface area contributed by atoms with Gasteiger partial charge < -0.3 is 5.32 Å². The molecule has 0 bridgehead atoms. The molecule has 2 aromatic rings. The third-order valence-electron chi connectivity index (χ3n) is 4.32. The van der Waals surface area contributed by atoms with E-state index in [1.165, 1.54) is 16.4 Å². The van der Waals surface area contributed by atoms with Crippen LogP contribution in [-0.4, -0.2) is 20.9 Å². The van der Waals surface area contributed by atoms with E-state index in [4.69, 9.17) is 11.6 Å². The molecule has 1 heterocycles. The minimum atomic E-state index is -3.69. The lowest BCUT2D eigenvalue weighted by atomic mass is 10.0. The Hall–Kier alpha value is -2.05. The van der Waals surface area contributed by atoms with Crippen LogP contribution in [0.3, 0.4) is 0 Å². The molecule has 0 radical (unpaired) electrons. The van der Waals surface area contributed by atoms with Crippen molar-refractivity contribution in [2.75, 3.05) is 16.2 Å². The minimum Gasteiger partial charge on any atom is -0.326 e. The molecule has 7 heteroatoms. The Morgan fingerprint density at radius 1 is 1.19 bits per heavy atom. The van der Waals surface area contributed by atoms with Crippen LogP contribution in [0.4, 0.5) is 11.4 Å². The molecule has 26 heavy (non-hydrogen) atoms. The number of carbonyl (C=O) groups is 1. The molecule has 0 saturated carbocycles. The van der Waals surface area contributed by atoms with Gasteiger partial charge in [0.2, 0.25) is 5.91 Å². The van der Waals surface area contributed by atoms with Crippen LogP contribution in [0.15, 0.2) is 47.4 Å². The second kappa shape index (κ2) is 7.68. The van der Waals surface area contributed by atoms with Crippen molar-refractivity contribution < 1.29 is 13.2 Å². The summed E-state index contributed by atoms with van der Waals surface area (Å²) in [6.07, 6.45) is 2.75. The predicted octanol–water partition coefficient (Wildman–Crippen LogP) is 4.22. The quantitative estimate of drug-likeness (QED) is 0.828. The predicted molar refractivity (Wildman–Crippen MR) is 104 cm³/mol. The molecule has 1 N–H and O–H groups in total. The Morgan fingerprint density at radius 3 is 2.62 bits per heavy atom. The van der Waals surface area contributed by atoms with Gasteiger partial charge in [-0.15, -0.1) is 0 Å². The Kier molecular flexibility index (Phi) is 5.53. The molecule has 3 rings (SSSR count). The lowest BCUT2D eigenvalue weighted by molar-refractivity contribution is -0.116. The Balaban J connectivity index is 1.96. The summed E-state index contributed by atoms with van der Waals surface area (Å²) in [5, 5.41) is 3.32. The van der Waals surface area contributed by atoms with Gasteiger partial charge >= 0.3 is 0 Å². The molecule has 0 unspecified atom stereocenters. The van der Waals surface area contributed by atoms with Gasteiger partial charge in [0.1, 0.15) is 0 Å². The fourth-order valence-electron chi connectivity index (χ4n) is 3.05. The summed E-state index contributed by atoms with van der Waals surface area (Å²) in [5.41, 5.74) is 2.20. The fourth-order valence-corrected chi connectivity index (χ4v) is 4.71. The number of benzene rings is 2. The van der Waals surface area contributed by atoms with Crippen LogP contribution in [-0.2, 0) is 21.2 Å². The van der Waals surface area contributed by atoms with Gasteiger partial charge in [-0.05, 0) is 61.2 Å². The number of amides is 1. The van der Waals surface area contributed by atoms with Crippen LogP contribution in [0, 0.1) is 0 Å². The molecule has 0 saturated heterocycles. The first-order chi connectivity index (χ1) is 12.4. The third kappa shape index (κ3) is 3.86. The van der Waals surface area contributed by atoms with Gasteiger partial charge in [0.15, 0.2) is 0 Å². The summed E-state index contributed by atoms with van der Waals surface area (Å²) in [4.78, 5) is 12.1. The van der Waals surface area contributed by atoms with Crippen molar-refractivity contribution in [1.82, 2.24) is 0 Å². The summed E-state index contributed by atoms with van der Waals surface area (Å²) in [6.45, 7) is 2.34. The monoisotopic (exact) mass is 392 g/mol. The van der Waals surface area contributed by atoms with E-state index in [9.17, 15) is 13.2 Å². The Bertz CT molecular complexity index is 911. The summed E-state index contributed by atoms with van der Waals surface area (Å²) < 4.78 is 27.6. The second-order valence-corrected chi connectivity index (χ2v) is 8.58. The molecule has 0 spiro atoms. The standard InChI is InChI=1S/C19H21ClN2O3S/c1-2-4-19(23)21-16-9-6-14-5-3-12-22(18(14)13-16)26(24,25)17-10-7-15(20)8-11-17/h6-11,13H,2-5,12H2,1H3,(H,21,23). The first kappa shape index (κ1) is 18.7. The fraction of sp³-hybridized carbons (Fsp3) is 0.316. The molecule has 1 amide bonds. The van der Waals surface area contributed by atoms with Crippen LogP contribution >= 0.6 is 11.6 Å². The third-order valence-corrected chi connectivity index (χ3v) is 6.40. The first-order valence-electron chi connectivity index (χ1n) is 8.63. The van der Waals surface area contributed by atoms with Crippen LogP contribution in [0.5, 0.6) is 0 Å². The van der Waals surface area contributed by atoms with Crippen molar-refractivity contribution in [1.29, 1.82) is 0 Å². The van der Waals surface area contributed by atoms with Gasteiger partial charge in [0, 0.05) is 23.7 Å². The van der Waals surface area contributed by atoms with Gasteiger partial charge in [-0.3, -0.25) is 9.10 Å². The highest BCUT2D eigenvalue weighted by Gasteiger charge is 2.29. The van der Waals surface area contributed by atoms with Gasteiger partial charge in [-0.2, -0.15) is 0 Å². The average Bonchev–Trinajstić information content (AvgIpc) is 2.61. The topological polar surface area (TPSA) is 66.5 Å². The molecule has 0 aromatic heterocycles. The van der Waals surface area contributed by atoms with Crippen LogP contribution in [0.25, 0.3) is 0 Å². The molecule has 5 nitrogen and oxygen atoms in total. The molecule has 0 fully saturated rings. The molecule has 138 valence electrons. The SMILES string of the molecule is CCCC(=O)Nc1ccc2c(c1)N(S(=O)(=O)c1ccc(Cl)cc1)CCC2. The van der Waals surface area contributed by atoms with E-state index in [0.29, 0.717) is 29.4 Å². The molecule has 1 aliphatic rings. The van der Waals surface area contributed by atoms with Crippen molar-refractivity contribution in [3.8, 4) is 0 Å². The number of carbonyl (C=O) groups excluding carboxylic acids is 1. The van der Waals surface area contributed by atoms with Gasteiger partial charge in [0.25, 0.3) is 10.0 Å². The molecular weight excluding hydrogens is 372 g/mol. The Morgan fingerprint density at radius 2 is 1.92 bits per heavy atom. The molecular formula is C19H21ClN2O3S. The van der Waals surface area contributed by atoms with Gasteiger partial charge in [-0.25, -0.2) is 8.42 Å². The highest BCUT2D eigenvalue weighted by atomic mass is 35.5. The maximum absolute atomic E-state index is 13.1. The van der Waals surface area contributed by atoms with Crippen molar-refractivity contribution in [3.05, 3.63) is 53.1 Å². The second-order valence-electron chi connectivity index (χ2n) is 6.28. The van der Waals surface area contributed by atoms with E-state index in [2.05, 4.69) is 5.32 Å². The lowest BCUT2D eigenvalue weighted by Gasteiger charge is -2.31. The van der Waals surface area contributed by atoms with Crippen LogP contribution < -0.4 is 9.62 Å². The smallest absolute Gasteiger partial charge is 0.264 e. The number of rotatable bonds is 5. The summed E-state index contributed by atoms with van der Waals surface area (Å²) in [5.74, 6) is -0.0737. The zero-order valence-electron chi connectivity index (χ0n) is 14.5. The van der Waals surface area contributed by atoms with E-state index in [1.54, 1.807) is 18.2 Å². The number of fused-ring (bicyclic) bond motifs is 1. The highest BCUT2D eigenvalue weighted by Crippen LogP contribution is 2.34. The van der Waals surface area contributed by atoms with Crippen molar-refractivity contribution >= 4 is 38.9 Å². The maximum Gasteiger partial charge on any atom is 0.264 e. The van der Waals surface area contributed by atoms with Crippen molar-refractivity contribution in [2.45, 2.75) is 37.5 Å². The maximum atomic E-state index is 13.1. The number of nitrogens with zero attached hydrogens (tertiary/aromatic N) is 1. The summed E-state index contributed by atoms with van der Waals surface area (Å²) >= 11 is 5.87. The van der Waals surface area contributed by atoms with Crippen molar-refractivity contribution in [3.63, 3.8) is 0 Å². The van der Waals surface area contributed by atoms with Crippen LogP contribution in [0.2, 0.25) is 5.02 Å². The lowest BCUT2D eigenvalue weighted by Crippen LogP contribution is -2.35. The van der Waals surface area contributed by atoms with Crippen LogP contribution in [0.1, 0.15) is 31.7 Å². The number of sulfonamides is 1. The van der Waals surface area contributed by atoms with E-state index < -0.39 is 10.0 Å². The zero-order chi connectivity index (χ0) is 18.7. The van der Waals surface area contributed by atoms with E-state index >= 15 is 0 Å². The normalized spacial score (nSPS) is 14.0. The zero-order valence-corrected chi connectivity index (χ0v) is 16.1. The highest BCUT2D eigenvalue weighted by molar-refractivity contribution is 7.92. The number of nitrogens with one attached hydrogen (secondary N) is 1.